The summed E-state index contributed by atoms with van der Waals surface area (Å²) < 4.78 is 13.6. The molecule has 0 saturated heterocycles. The predicted octanol–water partition coefficient (Wildman–Crippen LogP) is 4.02. The van der Waals surface area contributed by atoms with Crippen LogP contribution in [-0.4, -0.2) is 4.98 Å². The van der Waals surface area contributed by atoms with Gasteiger partial charge in [0.15, 0.2) is 0 Å². The SMILES string of the molecule is Cc1csc(-c2ccc(F)cc2Br)n1. The number of aromatic nitrogens is 1. The molecule has 1 aromatic heterocycles. The molecule has 0 unspecified atom stereocenters. The number of halogens is 2. The van der Waals surface area contributed by atoms with E-state index in [4.69, 9.17) is 0 Å². The van der Waals surface area contributed by atoms with E-state index in [0.29, 0.717) is 0 Å². The van der Waals surface area contributed by atoms with E-state index in [1.54, 1.807) is 17.4 Å². The van der Waals surface area contributed by atoms with Gasteiger partial charge in [0.1, 0.15) is 10.8 Å². The second-order valence-corrected chi connectivity index (χ2v) is 4.63. The van der Waals surface area contributed by atoms with Crippen LogP contribution in [0.25, 0.3) is 10.6 Å². The van der Waals surface area contributed by atoms with Crippen LogP contribution in [0.15, 0.2) is 28.1 Å². The standard InChI is InChI=1S/C10H7BrFNS/c1-6-5-14-10(13-6)8-3-2-7(12)4-9(8)11/h2-5H,1H3. The lowest BCUT2D eigenvalue weighted by Gasteiger charge is -1.99. The van der Waals surface area contributed by atoms with Crippen molar-refractivity contribution >= 4 is 27.3 Å². The van der Waals surface area contributed by atoms with Crippen LogP contribution in [0.3, 0.4) is 0 Å². The molecular weight excluding hydrogens is 265 g/mol. The minimum Gasteiger partial charge on any atom is -0.241 e. The van der Waals surface area contributed by atoms with E-state index in [1.807, 2.05) is 12.3 Å². The second kappa shape index (κ2) is 3.79. The minimum atomic E-state index is -0.242. The largest absolute Gasteiger partial charge is 0.241 e. The van der Waals surface area contributed by atoms with Crippen molar-refractivity contribution in [3.05, 3.63) is 39.6 Å². The average Bonchev–Trinajstić information content (AvgIpc) is 2.51. The van der Waals surface area contributed by atoms with E-state index in [0.717, 1.165) is 20.7 Å². The Morgan fingerprint density at radius 3 is 2.79 bits per heavy atom. The first-order chi connectivity index (χ1) is 6.66. The summed E-state index contributed by atoms with van der Waals surface area (Å²) >= 11 is 4.88. The number of thiazole rings is 1. The van der Waals surface area contributed by atoms with Gasteiger partial charge in [0.2, 0.25) is 0 Å². The van der Waals surface area contributed by atoms with Gasteiger partial charge in [0.25, 0.3) is 0 Å². The number of aryl methyl sites for hydroxylation is 1. The zero-order valence-electron chi connectivity index (χ0n) is 7.42. The maximum atomic E-state index is 12.8. The maximum Gasteiger partial charge on any atom is 0.124 e. The van der Waals surface area contributed by atoms with E-state index in [9.17, 15) is 4.39 Å². The Labute approximate surface area is 93.7 Å². The van der Waals surface area contributed by atoms with Crippen molar-refractivity contribution in [2.75, 3.05) is 0 Å². The van der Waals surface area contributed by atoms with Crippen molar-refractivity contribution < 1.29 is 4.39 Å². The fourth-order valence-corrected chi connectivity index (χ4v) is 2.65. The van der Waals surface area contributed by atoms with Gasteiger partial charge in [-0.2, -0.15) is 0 Å². The third kappa shape index (κ3) is 1.86. The normalized spacial score (nSPS) is 10.5. The molecule has 0 aliphatic heterocycles. The van der Waals surface area contributed by atoms with E-state index >= 15 is 0 Å². The molecule has 0 amide bonds. The molecule has 0 N–H and O–H groups in total. The molecule has 1 heterocycles. The molecule has 0 aliphatic carbocycles. The van der Waals surface area contributed by atoms with Crippen LogP contribution < -0.4 is 0 Å². The second-order valence-electron chi connectivity index (χ2n) is 2.92. The highest BCUT2D eigenvalue weighted by Gasteiger charge is 2.07. The first-order valence-electron chi connectivity index (χ1n) is 4.04. The fraction of sp³-hybridized carbons (Fsp3) is 0.100. The molecule has 0 radical (unpaired) electrons. The Hall–Kier alpha value is -0.740. The number of hydrogen-bond donors (Lipinski definition) is 0. The lowest BCUT2D eigenvalue weighted by atomic mass is 10.2. The Bertz CT molecular complexity index is 467. The summed E-state index contributed by atoms with van der Waals surface area (Å²) in [5, 5.41) is 2.89. The smallest absolute Gasteiger partial charge is 0.124 e. The summed E-state index contributed by atoms with van der Waals surface area (Å²) in [4.78, 5) is 4.34. The van der Waals surface area contributed by atoms with Crippen molar-refractivity contribution in [3.8, 4) is 10.6 Å². The Morgan fingerprint density at radius 2 is 2.21 bits per heavy atom. The topological polar surface area (TPSA) is 12.9 Å². The minimum absolute atomic E-state index is 0.242. The highest BCUT2D eigenvalue weighted by atomic mass is 79.9. The molecular formula is C10H7BrFNS. The molecule has 1 aromatic carbocycles. The van der Waals surface area contributed by atoms with Gasteiger partial charge in [0, 0.05) is 21.1 Å². The molecule has 0 spiro atoms. The third-order valence-electron chi connectivity index (χ3n) is 1.78. The van der Waals surface area contributed by atoms with Crippen molar-refractivity contribution in [1.82, 2.24) is 4.98 Å². The number of benzene rings is 1. The molecule has 2 aromatic rings. The van der Waals surface area contributed by atoms with E-state index in [2.05, 4.69) is 20.9 Å². The van der Waals surface area contributed by atoms with Crippen molar-refractivity contribution in [2.45, 2.75) is 6.92 Å². The monoisotopic (exact) mass is 271 g/mol. The van der Waals surface area contributed by atoms with Crippen LogP contribution in [0.5, 0.6) is 0 Å². The van der Waals surface area contributed by atoms with Gasteiger partial charge in [-0.1, -0.05) is 0 Å². The Morgan fingerprint density at radius 1 is 1.43 bits per heavy atom. The predicted molar refractivity (Wildman–Crippen MR) is 59.9 cm³/mol. The molecule has 0 atom stereocenters. The summed E-state index contributed by atoms with van der Waals surface area (Å²) in [6, 6.07) is 4.63. The molecule has 0 aliphatic rings. The highest BCUT2D eigenvalue weighted by Crippen LogP contribution is 2.30. The van der Waals surface area contributed by atoms with Gasteiger partial charge in [0.05, 0.1) is 0 Å². The van der Waals surface area contributed by atoms with E-state index < -0.39 is 0 Å². The summed E-state index contributed by atoms with van der Waals surface area (Å²) in [6.45, 7) is 1.94. The number of nitrogens with zero attached hydrogens (tertiary/aromatic N) is 1. The van der Waals surface area contributed by atoms with Gasteiger partial charge in [-0.3, -0.25) is 0 Å². The summed E-state index contributed by atoms with van der Waals surface area (Å²) in [6.07, 6.45) is 0. The Balaban J connectivity index is 2.52. The molecule has 4 heteroatoms. The Kier molecular flexibility index (Phi) is 2.65. The molecule has 0 saturated carbocycles. The van der Waals surface area contributed by atoms with E-state index in [1.165, 1.54) is 12.1 Å². The number of rotatable bonds is 1. The van der Waals surface area contributed by atoms with Crippen LogP contribution in [-0.2, 0) is 0 Å². The first-order valence-corrected chi connectivity index (χ1v) is 5.71. The summed E-state index contributed by atoms with van der Waals surface area (Å²) in [7, 11) is 0. The first kappa shape index (κ1) is 9.80. The van der Waals surface area contributed by atoms with Gasteiger partial charge in [-0.05, 0) is 41.1 Å². The van der Waals surface area contributed by atoms with Gasteiger partial charge >= 0.3 is 0 Å². The van der Waals surface area contributed by atoms with Crippen molar-refractivity contribution in [2.24, 2.45) is 0 Å². The van der Waals surface area contributed by atoms with Crippen molar-refractivity contribution in [1.29, 1.82) is 0 Å². The van der Waals surface area contributed by atoms with Crippen LogP contribution in [0, 0.1) is 12.7 Å². The number of hydrogen-bond acceptors (Lipinski definition) is 2. The molecule has 72 valence electrons. The van der Waals surface area contributed by atoms with Crippen LogP contribution in [0.1, 0.15) is 5.69 Å². The highest BCUT2D eigenvalue weighted by molar-refractivity contribution is 9.10. The lowest BCUT2D eigenvalue weighted by Crippen LogP contribution is -1.81. The third-order valence-corrected chi connectivity index (χ3v) is 3.43. The van der Waals surface area contributed by atoms with Crippen LogP contribution in [0.4, 0.5) is 4.39 Å². The van der Waals surface area contributed by atoms with E-state index in [-0.39, 0.29) is 5.82 Å². The van der Waals surface area contributed by atoms with Crippen LogP contribution >= 0.6 is 27.3 Å². The maximum absolute atomic E-state index is 12.8. The van der Waals surface area contributed by atoms with Crippen LogP contribution in [0.2, 0.25) is 0 Å². The quantitative estimate of drug-likeness (QED) is 0.764. The van der Waals surface area contributed by atoms with Gasteiger partial charge < -0.3 is 0 Å². The summed E-state index contributed by atoms with van der Waals surface area (Å²) in [5.74, 6) is -0.242. The lowest BCUT2D eigenvalue weighted by molar-refractivity contribution is 0.627. The molecule has 2 rings (SSSR count). The molecule has 0 fully saturated rings. The van der Waals surface area contributed by atoms with Crippen molar-refractivity contribution in [3.63, 3.8) is 0 Å². The zero-order chi connectivity index (χ0) is 10.1. The fourth-order valence-electron chi connectivity index (χ4n) is 1.14. The average molecular weight is 272 g/mol. The molecule has 1 nitrogen and oxygen atoms in total. The summed E-state index contributed by atoms with van der Waals surface area (Å²) in [5.41, 5.74) is 1.92. The molecule has 0 bridgehead atoms. The van der Waals surface area contributed by atoms with Gasteiger partial charge in [-0.25, -0.2) is 9.37 Å². The zero-order valence-corrected chi connectivity index (χ0v) is 9.82. The van der Waals surface area contributed by atoms with Gasteiger partial charge in [-0.15, -0.1) is 11.3 Å². The molecule has 14 heavy (non-hydrogen) atoms.